The minimum Gasteiger partial charge on any atom is -0.485 e. The third-order valence-electron chi connectivity index (χ3n) is 3.49. The molecule has 23 heavy (non-hydrogen) atoms. The average Bonchev–Trinajstić information content (AvgIpc) is 3.06. The summed E-state index contributed by atoms with van der Waals surface area (Å²) in [6, 6.07) is 7.42. The van der Waals surface area contributed by atoms with Gasteiger partial charge in [-0.15, -0.1) is 11.3 Å². The standard InChI is InChI=1S/C17H20N2O3S/c1-12(2)9-19(10-16-18-7-8-23-16)17(20)15-11-21-13-5-3-4-6-14(13)22-15/h3-8,12,15H,9-11H2,1-2H3/t15-/m0/s1. The Balaban J connectivity index is 1.73. The Labute approximate surface area is 139 Å². The fourth-order valence-corrected chi connectivity index (χ4v) is 3.14. The van der Waals surface area contributed by atoms with Gasteiger partial charge in [-0.05, 0) is 18.1 Å². The zero-order valence-electron chi connectivity index (χ0n) is 13.3. The van der Waals surface area contributed by atoms with Crippen molar-refractivity contribution in [2.75, 3.05) is 13.2 Å². The van der Waals surface area contributed by atoms with Crippen molar-refractivity contribution < 1.29 is 14.3 Å². The SMILES string of the molecule is CC(C)CN(Cc1nccs1)C(=O)[C@@H]1COc2ccccc2O1. The second-order valence-electron chi connectivity index (χ2n) is 5.90. The molecule has 0 bridgehead atoms. The first-order valence-electron chi connectivity index (χ1n) is 7.69. The average molecular weight is 332 g/mol. The third-order valence-corrected chi connectivity index (χ3v) is 4.26. The maximum atomic E-state index is 12.9. The number of para-hydroxylation sites is 2. The van der Waals surface area contributed by atoms with Gasteiger partial charge >= 0.3 is 0 Å². The highest BCUT2D eigenvalue weighted by Gasteiger charge is 2.31. The van der Waals surface area contributed by atoms with Crippen molar-refractivity contribution in [2.24, 2.45) is 5.92 Å². The molecule has 122 valence electrons. The van der Waals surface area contributed by atoms with Crippen molar-refractivity contribution in [1.29, 1.82) is 0 Å². The number of hydrogen-bond donors (Lipinski definition) is 0. The van der Waals surface area contributed by atoms with Gasteiger partial charge in [0.25, 0.3) is 5.91 Å². The van der Waals surface area contributed by atoms with Crippen molar-refractivity contribution >= 4 is 17.2 Å². The van der Waals surface area contributed by atoms with Crippen LogP contribution in [0.4, 0.5) is 0 Å². The molecule has 0 spiro atoms. The first kappa shape index (κ1) is 15.8. The van der Waals surface area contributed by atoms with Crippen LogP contribution in [-0.2, 0) is 11.3 Å². The summed E-state index contributed by atoms with van der Waals surface area (Å²) < 4.78 is 11.5. The van der Waals surface area contributed by atoms with E-state index in [9.17, 15) is 4.79 Å². The first-order valence-corrected chi connectivity index (χ1v) is 8.57. The molecule has 1 aromatic heterocycles. The summed E-state index contributed by atoms with van der Waals surface area (Å²) in [4.78, 5) is 19.0. The van der Waals surface area contributed by atoms with Gasteiger partial charge in [-0.3, -0.25) is 4.79 Å². The van der Waals surface area contributed by atoms with Crippen LogP contribution < -0.4 is 9.47 Å². The van der Waals surface area contributed by atoms with Gasteiger partial charge in [-0.2, -0.15) is 0 Å². The van der Waals surface area contributed by atoms with Crippen LogP contribution in [0.5, 0.6) is 11.5 Å². The van der Waals surface area contributed by atoms with Gasteiger partial charge in [0.05, 0.1) is 6.54 Å². The number of carbonyl (C=O) groups excluding carboxylic acids is 1. The highest BCUT2D eigenvalue weighted by molar-refractivity contribution is 7.09. The normalized spacial score (nSPS) is 16.4. The molecule has 1 aliphatic heterocycles. The second kappa shape index (κ2) is 7.00. The number of aromatic nitrogens is 1. The summed E-state index contributed by atoms with van der Waals surface area (Å²) in [7, 11) is 0. The zero-order valence-corrected chi connectivity index (χ0v) is 14.1. The van der Waals surface area contributed by atoms with E-state index in [1.165, 1.54) is 0 Å². The minimum absolute atomic E-state index is 0.0524. The Bertz CT molecular complexity index is 658. The third kappa shape index (κ3) is 3.82. The van der Waals surface area contributed by atoms with Gasteiger partial charge in [-0.25, -0.2) is 4.98 Å². The van der Waals surface area contributed by atoms with Gasteiger partial charge in [0, 0.05) is 18.1 Å². The van der Waals surface area contributed by atoms with Crippen LogP contribution in [0.2, 0.25) is 0 Å². The lowest BCUT2D eigenvalue weighted by Gasteiger charge is -2.31. The molecule has 0 unspecified atom stereocenters. The fourth-order valence-electron chi connectivity index (χ4n) is 2.51. The number of ether oxygens (including phenoxy) is 2. The number of benzene rings is 1. The van der Waals surface area contributed by atoms with Crippen LogP contribution in [0, 0.1) is 5.92 Å². The first-order chi connectivity index (χ1) is 11.1. The van der Waals surface area contributed by atoms with E-state index in [1.54, 1.807) is 17.5 Å². The van der Waals surface area contributed by atoms with Crippen LogP contribution in [0.1, 0.15) is 18.9 Å². The van der Waals surface area contributed by atoms with Gasteiger partial charge < -0.3 is 14.4 Å². The van der Waals surface area contributed by atoms with E-state index in [0.29, 0.717) is 30.5 Å². The number of hydrogen-bond acceptors (Lipinski definition) is 5. The second-order valence-corrected chi connectivity index (χ2v) is 6.88. The van der Waals surface area contributed by atoms with Gasteiger partial charge in [0.15, 0.2) is 11.5 Å². The molecular formula is C17H20N2O3S. The van der Waals surface area contributed by atoms with E-state index in [4.69, 9.17) is 9.47 Å². The number of rotatable bonds is 5. The van der Waals surface area contributed by atoms with Crippen LogP contribution in [0.15, 0.2) is 35.8 Å². The molecule has 6 heteroatoms. The van der Waals surface area contributed by atoms with Crippen molar-refractivity contribution in [3.8, 4) is 11.5 Å². The molecule has 0 N–H and O–H groups in total. The summed E-state index contributed by atoms with van der Waals surface area (Å²) >= 11 is 1.55. The van der Waals surface area contributed by atoms with Crippen LogP contribution in [0.3, 0.4) is 0 Å². The molecule has 1 amide bonds. The van der Waals surface area contributed by atoms with Crippen LogP contribution in [0.25, 0.3) is 0 Å². The van der Waals surface area contributed by atoms with E-state index in [-0.39, 0.29) is 12.5 Å². The molecule has 1 aromatic carbocycles. The van der Waals surface area contributed by atoms with Crippen molar-refractivity contribution in [3.63, 3.8) is 0 Å². The lowest BCUT2D eigenvalue weighted by Crippen LogP contribution is -2.47. The number of thiazole rings is 1. The molecule has 0 aliphatic carbocycles. The highest BCUT2D eigenvalue weighted by atomic mass is 32.1. The van der Waals surface area contributed by atoms with E-state index in [0.717, 1.165) is 5.01 Å². The van der Waals surface area contributed by atoms with Gasteiger partial charge in [0.2, 0.25) is 6.10 Å². The molecule has 0 fully saturated rings. The molecule has 1 aliphatic rings. The Morgan fingerprint density at radius 2 is 2.17 bits per heavy atom. The molecule has 2 aromatic rings. The Kier molecular flexibility index (Phi) is 4.81. The zero-order chi connectivity index (χ0) is 16.2. The number of amides is 1. The molecule has 0 radical (unpaired) electrons. The van der Waals surface area contributed by atoms with E-state index in [1.807, 2.05) is 34.5 Å². The number of fused-ring (bicyclic) bond motifs is 1. The summed E-state index contributed by atoms with van der Waals surface area (Å²) in [5, 5.41) is 2.85. The van der Waals surface area contributed by atoms with Crippen molar-refractivity contribution in [3.05, 3.63) is 40.8 Å². The Morgan fingerprint density at radius 1 is 1.39 bits per heavy atom. The number of carbonyl (C=O) groups is 1. The minimum atomic E-state index is -0.608. The summed E-state index contributed by atoms with van der Waals surface area (Å²) in [5.41, 5.74) is 0. The van der Waals surface area contributed by atoms with Crippen molar-refractivity contribution in [1.82, 2.24) is 9.88 Å². The Morgan fingerprint density at radius 3 is 2.87 bits per heavy atom. The molecule has 3 rings (SSSR count). The van der Waals surface area contributed by atoms with Crippen LogP contribution >= 0.6 is 11.3 Å². The molecule has 2 heterocycles. The molecular weight excluding hydrogens is 312 g/mol. The largest absolute Gasteiger partial charge is 0.485 e. The lowest BCUT2D eigenvalue weighted by atomic mass is 10.2. The topological polar surface area (TPSA) is 51.7 Å². The number of nitrogens with zero attached hydrogens (tertiary/aromatic N) is 2. The predicted octanol–water partition coefficient (Wildman–Crippen LogP) is 2.97. The van der Waals surface area contributed by atoms with Crippen LogP contribution in [-0.4, -0.2) is 35.0 Å². The van der Waals surface area contributed by atoms with Crippen molar-refractivity contribution in [2.45, 2.75) is 26.5 Å². The molecule has 1 atom stereocenters. The van der Waals surface area contributed by atoms with E-state index < -0.39 is 6.10 Å². The highest BCUT2D eigenvalue weighted by Crippen LogP contribution is 2.31. The summed E-state index contributed by atoms with van der Waals surface area (Å²) in [6.45, 7) is 5.60. The molecule has 0 saturated carbocycles. The van der Waals surface area contributed by atoms with E-state index in [2.05, 4.69) is 18.8 Å². The van der Waals surface area contributed by atoms with Gasteiger partial charge in [0.1, 0.15) is 11.6 Å². The maximum absolute atomic E-state index is 12.9. The maximum Gasteiger partial charge on any atom is 0.267 e. The fraction of sp³-hybridized carbons (Fsp3) is 0.412. The summed E-state index contributed by atoms with van der Waals surface area (Å²) in [5.74, 6) is 1.63. The quantitative estimate of drug-likeness (QED) is 0.845. The predicted molar refractivity (Wildman–Crippen MR) is 88.7 cm³/mol. The molecule has 5 nitrogen and oxygen atoms in total. The Hall–Kier alpha value is -2.08. The monoisotopic (exact) mass is 332 g/mol. The lowest BCUT2D eigenvalue weighted by molar-refractivity contribution is -0.142. The smallest absolute Gasteiger partial charge is 0.267 e. The summed E-state index contributed by atoms with van der Waals surface area (Å²) in [6.07, 6.45) is 1.15. The molecule has 0 saturated heterocycles. The van der Waals surface area contributed by atoms with E-state index >= 15 is 0 Å². The van der Waals surface area contributed by atoms with Gasteiger partial charge in [-0.1, -0.05) is 26.0 Å².